The quantitative estimate of drug-likeness (QED) is 0.331. The van der Waals surface area contributed by atoms with E-state index in [0.29, 0.717) is 3.70 Å². The minimum Gasteiger partial charge on any atom is -0.461 e. The minimum absolute atomic E-state index is 0.00759. The van der Waals surface area contributed by atoms with Gasteiger partial charge in [-0.1, -0.05) is 0 Å². The third kappa shape index (κ3) is 4.68. The number of hydrogen-bond donors (Lipinski definition) is 0. The molecule has 0 atom stereocenters. The summed E-state index contributed by atoms with van der Waals surface area (Å²) in [7, 11) is 0. The number of ether oxygens (including phenoxy) is 2. The van der Waals surface area contributed by atoms with Crippen LogP contribution in [-0.4, -0.2) is 23.9 Å². The lowest BCUT2D eigenvalue weighted by Gasteiger charge is -2.15. The molecule has 0 spiro atoms. The summed E-state index contributed by atoms with van der Waals surface area (Å²) in [6, 6.07) is 1.30. The van der Waals surface area contributed by atoms with Crippen LogP contribution in [0.3, 0.4) is 0 Å². The van der Waals surface area contributed by atoms with Crippen molar-refractivity contribution < 1.29 is 27.4 Å². The van der Waals surface area contributed by atoms with Crippen LogP contribution >= 0.6 is 34.2 Å². The van der Waals surface area contributed by atoms with E-state index in [-0.39, 0.29) is 18.1 Å². The molecule has 1 rings (SSSR count). The first-order chi connectivity index (χ1) is 8.78. The van der Waals surface area contributed by atoms with Gasteiger partial charge in [-0.15, -0.1) is 24.8 Å². The van der Waals surface area contributed by atoms with Gasteiger partial charge in [0.1, 0.15) is 3.70 Å². The van der Waals surface area contributed by atoms with Crippen molar-refractivity contribution in [1.82, 2.24) is 4.98 Å². The Bertz CT molecular complexity index is 482. The summed E-state index contributed by atoms with van der Waals surface area (Å²) in [5.41, 5.74) is -0.525. The molecule has 0 aliphatic rings. The second-order valence-corrected chi connectivity index (χ2v) is 4.56. The predicted octanol–water partition coefficient (Wildman–Crippen LogP) is 3.50. The monoisotopic (exact) mass is 409 g/mol. The second kappa shape index (κ2) is 6.60. The molecule has 0 fully saturated rings. The van der Waals surface area contributed by atoms with Gasteiger partial charge in [-0.25, -0.2) is 9.78 Å². The number of aromatic nitrogens is 1. The van der Waals surface area contributed by atoms with Gasteiger partial charge in [-0.2, -0.15) is 0 Å². The van der Waals surface area contributed by atoms with Crippen LogP contribution in [-0.2, 0) is 10.6 Å². The molecule has 0 aliphatic heterocycles. The molecule has 106 valence electrons. The Labute approximate surface area is 125 Å². The van der Waals surface area contributed by atoms with E-state index in [2.05, 4.69) is 14.5 Å². The average Bonchev–Trinajstić information content (AvgIpc) is 2.29. The Kier molecular flexibility index (Phi) is 5.65. The summed E-state index contributed by atoms with van der Waals surface area (Å²) in [6.45, 7) is 1.53. The largest absolute Gasteiger partial charge is 0.573 e. The van der Waals surface area contributed by atoms with Crippen molar-refractivity contribution in [1.29, 1.82) is 0 Å². The third-order valence-corrected chi connectivity index (χ3v) is 2.69. The van der Waals surface area contributed by atoms with Crippen LogP contribution in [0.15, 0.2) is 6.07 Å². The van der Waals surface area contributed by atoms with Gasteiger partial charge in [0.25, 0.3) is 0 Å². The number of rotatable bonds is 4. The maximum Gasteiger partial charge on any atom is 0.573 e. The van der Waals surface area contributed by atoms with E-state index in [1.807, 2.05) is 0 Å². The normalized spacial score (nSPS) is 11.3. The molecule has 1 aromatic rings. The van der Waals surface area contributed by atoms with Gasteiger partial charge in [-0.3, -0.25) is 0 Å². The highest BCUT2D eigenvalue weighted by atomic mass is 127. The van der Waals surface area contributed by atoms with E-state index in [1.165, 1.54) is 13.0 Å². The molecule has 0 unspecified atom stereocenters. The van der Waals surface area contributed by atoms with Crippen molar-refractivity contribution in [3.8, 4) is 5.75 Å². The van der Waals surface area contributed by atoms with Crippen LogP contribution in [0, 0.1) is 3.70 Å². The minimum atomic E-state index is -4.95. The maximum absolute atomic E-state index is 12.3. The van der Waals surface area contributed by atoms with Crippen molar-refractivity contribution in [2.75, 3.05) is 6.61 Å². The number of halogens is 5. The number of nitrogens with zero attached hydrogens (tertiary/aromatic N) is 1. The molecular formula is C10H8ClF3INO3. The van der Waals surface area contributed by atoms with Crippen molar-refractivity contribution >= 4 is 40.2 Å². The maximum atomic E-state index is 12.3. The van der Waals surface area contributed by atoms with Crippen molar-refractivity contribution in [3.05, 3.63) is 21.0 Å². The number of alkyl halides is 4. The summed E-state index contributed by atoms with van der Waals surface area (Å²) >= 11 is 7.31. The fourth-order valence-electron chi connectivity index (χ4n) is 1.22. The molecule has 19 heavy (non-hydrogen) atoms. The van der Waals surface area contributed by atoms with Crippen LogP contribution in [0.25, 0.3) is 0 Å². The zero-order valence-electron chi connectivity index (χ0n) is 9.55. The van der Waals surface area contributed by atoms with Gasteiger partial charge in [-0.05, 0) is 35.6 Å². The number of pyridine rings is 1. The lowest BCUT2D eigenvalue weighted by Crippen LogP contribution is -2.22. The van der Waals surface area contributed by atoms with Gasteiger partial charge in [0.2, 0.25) is 0 Å². The van der Waals surface area contributed by atoms with Crippen molar-refractivity contribution in [3.63, 3.8) is 0 Å². The summed E-state index contributed by atoms with van der Waals surface area (Å²) in [5, 5.41) is 0. The van der Waals surface area contributed by atoms with Crippen LogP contribution in [0.1, 0.15) is 23.0 Å². The molecule has 1 heterocycles. The lowest BCUT2D eigenvalue weighted by atomic mass is 10.2. The van der Waals surface area contributed by atoms with E-state index in [9.17, 15) is 18.0 Å². The molecule has 0 radical (unpaired) electrons. The lowest BCUT2D eigenvalue weighted by molar-refractivity contribution is -0.275. The Morgan fingerprint density at radius 3 is 2.63 bits per heavy atom. The summed E-state index contributed by atoms with van der Waals surface area (Å²) < 4.78 is 45.8. The molecule has 4 nitrogen and oxygen atoms in total. The zero-order valence-corrected chi connectivity index (χ0v) is 12.5. The molecule has 0 saturated carbocycles. The molecule has 0 amide bonds. The van der Waals surface area contributed by atoms with E-state index in [0.717, 1.165) is 0 Å². The molecule has 0 aromatic carbocycles. The number of hydrogen-bond acceptors (Lipinski definition) is 4. The van der Waals surface area contributed by atoms with Crippen molar-refractivity contribution in [2.24, 2.45) is 0 Å². The molecule has 0 N–H and O–H groups in total. The van der Waals surface area contributed by atoms with E-state index < -0.39 is 23.8 Å². The van der Waals surface area contributed by atoms with Gasteiger partial charge in [0.05, 0.1) is 12.5 Å². The van der Waals surface area contributed by atoms with E-state index in [4.69, 9.17) is 11.6 Å². The average molecular weight is 410 g/mol. The topological polar surface area (TPSA) is 48.4 Å². The third-order valence-electron chi connectivity index (χ3n) is 1.85. The van der Waals surface area contributed by atoms with Crippen LogP contribution < -0.4 is 4.74 Å². The molecule has 0 aliphatic carbocycles. The Morgan fingerprint density at radius 1 is 1.53 bits per heavy atom. The Hall–Kier alpha value is -0.770. The standard InChI is InChI=1S/C10H8ClF3INO3/c1-2-18-9(17)7-8(19-10(12,13)14)5(4-11)3-6(15)16-7/h3H,2,4H2,1H3. The van der Waals surface area contributed by atoms with Crippen molar-refractivity contribution in [2.45, 2.75) is 19.2 Å². The first-order valence-electron chi connectivity index (χ1n) is 4.96. The van der Waals surface area contributed by atoms with Crippen LogP contribution in [0.4, 0.5) is 13.2 Å². The number of esters is 1. The zero-order chi connectivity index (χ0) is 14.6. The second-order valence-electron chi connectivity index (χ2n) is 3.18. The van der Waals surface area contributed by atoms with Crippen LogP contribution in [0.5, 0.6) is 5.75 Å². The SMILES string of the molecule is CCOC(=O)c1nc(I)cc(CCl)c1OC(F)(F)F. The smallest absolute Gasteiger partial charge is 0.461 e. The number of carbonyl (C=O) groups excluding carboxylic acids is 1. The van der Waals surface area contributed by atoms with Gasteiger partial charge in [0, 0.05) is 5.56 Å². The van der Waals surface area contributed by atoms with E-state index in [1.54, 1.807) is 22.6 Å². The first kappa shape index (κ1) is 16.3. The highest BCUT2D eigenvalue weighted by Gasteiger charge is 2.35. The number of carbonyl (C=O) groups is 1. The molecule has 0 bridgehead atoms. The Balaban J connectivity index is 3.33. The van der Waals surface area contributed by atoms with Gasteiger partial charge < -0.3 is 9.47 Å². The first-order valence-corrected chi connectivity index (χ1v) is 6.58. The molecule has 1 aromatic heterocycles. The molecule has 0 saturated heterocycles. The fraction of sp³-hybridized carbons (Fsp3) is 0.400. The predicted molar refractivity (Wildman–Crippen MR) is 69.2 cm³/mol. The molecule has 9 heteroatoms. The highest BCUT2D eigenvalue weighted by molar-refractivity contribution is 14.1. The summed E-state index contributed by atoms with van der Waals surface area (Å²) in [6.07, 6.45) is -4.95. The van der Waals surface area contributed by atoms with E-state index >= 15 is 0 Å². The highest BCUT2D eigenvalue weighted by Crippen LogP contribution is 2.31. The summed E-state index contributed by atoms with van der Waals surface area (Å²) in [4.78, 5) is 15.3. The Morgan fingerprint density at radius 2 is 2.16 bits per heavy atom. The summed E-state index contributed by atoms with van der Waals surface area (Å²) in [5.74, 6) is -1.97. The van der Waals surface area contributed by atoms with Gasteiger partial charge >= 0.3 is 12.3 Å². The van der Waals surface area contributed by atoms with Gasteiger partial charge in [0.15, 0.2) is 11.4 Å². The molecular weight excluding hydrogens is 401 g/mol. The van der Waals surface area contributed by atoms with Crippen LogP contribution in [0.2, 0.25) is 0 Å². The fourth-order valence-corrected chi connectivity index (χ4v) is 2.03.